The third-order valence-electron chi connectivity index (χ3n) is 3.73. The van der Waals surface area contributed by atoms with E-state index in [2.05, 4.69) is 5.32 Å². The van der Waals surface area contributed by atoms with Crippen LogP contribution < -0.4 is 5.32 Å². The summed E-state index contributed by atoms with van der Waals surface area (Å²) in [4.78, 5) is 34.7. The number of amides is 1. The molecule has 0 heterocycles. The number of hydrogen-bond acceptors (Lipinski definition) is 3. The van der Waals surface area contributed by atoms with Crippen molar-refractivity contribution in [1.82, 2.24) is 5.32 Å². The third kappa shape index (κ3) is 4.91. The van der Waals surface area contributed by atoms with E-state index in [9.17, 15) is 19.5 Å². The largest absolute Gasteiger partial charge is 0.480 e. The fraction of sp³-hybridized carbons (Fsp3) is 0.211. The van der Waals surface area contributed by atoms with Gasteiger partial charge in [-0.3, -0.25) is 4.79 Å². The molecule has 1 amide bonds. The first kappa shape index (κ1) is 18.2. The highest BCUT2D eigenvalue weighted by Gasteiger charge is 2.21. The zero-order chi connectivity index (χ0) is 18.6. The molecule has 0 fully saturated rings. The molecule has 6 heteroatoms. The quantitative estimate of drug-likeness (QED) is 0.748. The minimum absolute atomic E-state index is 0.0613. The molecule has 0 saturated carbocycles. The Hall–Kier alpha value is -3.15. The van der Waals surface area contributed by atoms with Crippen molar-refractivity contribution in [2.24, 2.45) is 0 Å². The van der Waals surface area contributed by atoms with Crippen molar-refractivity contribution in [1.29, 1.82) is 0 Å². The van der Waals surface area contributed by atoms with Crippen molar-refractivity contribution in [3.05, 3.63) is 70.3 Å². The van der Waals surface area contributed by atoms with Crippen LogP contribution in [-0.2, 0) is 11.2 Å². The Bertz CT molecular complexity index is 791. The number of carboxylic acid groups (broad SMARTS) is 2. The first-order chi connectivity index (χ1) is 11.8. The van der Waals surface area contributed by atoms with Crippen LogP contribution in [0.1, 0.15) is 37.4 Å². The van der Waals surface area contributed by atoms with Gasteiger partial charge in [0.1, 0.15) is 6.04 Å². The molecule has 0 radical (unpaired) electrons. The van der Waals surface area contributed by atoms with Gasteiger partial charge in [-0.15, -0.1) is 0 Å². The van der Waals surface area contributed by atoms with Crippen LogP contribution in [0.25, 0.3) is 0 Å². The lowest BCUT2D eigenvalue weighted by Gasteiger charge is -2.15. The molecule has 2 aromatic carbocycles. The molecule has 2 rings (SSSR count). The smallest absolute Gasteiger partial charge is 0.335 e. The van der Waals surface area contributed by atoms with Crippen LogP contribution in [0.5, 0.6) is 0 Å². The van der Waals surface area contributed by atoms with Gasteiger partial charge in [0.05, 0.1) is 5.56 Å². The second-order valence-electron chi connectivity index (χ2n) is 5.95. The second-order valence-corrected chi connectivity index (χ2v) is 5.95. The van der Waals surface area contributed by atoms with E-state index in [-0.39, 0.29) is 12.0 Å². The number of aromatic carboxylic acids is 1. The van der Waals surface area contributed by atoms with Crippen molar-refractivity contribution < 1.29 is 24.6 Å². The van der Waals surface area contributed by atoms with Gasteiger partial charge in [0.25, 0.3) is 5.91 Å². The Morgan fingerprint density at radius 2 is 1.48 bits per heavy atom. The number of benzene rings is 2. The molecule has 0 aromatic heterocycles. The molecule has 2 aromatic rings. The van der Waals surface area contributed by atoms with Crippen LogP contribution in [0.2, 0.25) is 0 Å². The number of carboxylic acids is 2. The summed E-state index contributed by atoms with van der Waals surface area (Å²) in [6.45, 7) is 3.73. The Kier molecular flexibility index (Phi) is 5.54. The zero-order valence-electron chi connectivity index (χ0n) is 13.9. The Balaban J connectivity index is 2.13. The molecular weight excluding hydrogens is 322 g/mol. The van der Waals surface area contributed by atoms with Gasteiger partial charge in [-0.1, -0.05) is 29.3 Å². The van der Waals surface area contributed by atoms with E-state index in [1.54, 1.807) is 24.3 Å². The predicted molar refractivity (Wildman–Crippen MR) is 91.9 cm³/mol. The number of carbonyl (C=O) groups is 3. The van der Waals surface area contributed by atoms with E-state index in [0.717, 1.165) is 11.1 Å². The highest BCUT2D eigenvalue weighted by Crippen LogP contribution is 2.11. The normalized spacial score (nSPS) is 11.6. The second kappa shape index (κ2) is 7.61. The summed E-state index contributed by atoms with van der Waals surface area (Å²) >= 11 is 0. The molecule has 1 atom stereocenters. The van der Waals surface area contributed by atoms with Crippen LogP contribution in [0, 0.1) is 13.8 Å². The average molecular weight is 341 g/mol. The van der Waals surface area contributed by atoms with E-state index in [0.29, 0.717) is 11.1 Å². The lowest BCUT2D eigenvalue weighted by molar-refractivity contribution is -0.139. The van der Waals surface area contributed by atoms with Crippen LogP contribution in [0.3, 0.4) is 0 Å². The molecule has 0 bridgehead atoms. The molecule has 0 saturated heterocycles. The molecule has 3 N–H and O–H groups in total. The Morgan fingerprint density at radius 3 is 1.96 bits per heavy atom. The van der Waals surface area contributed by atoms with Gasteiger partial charge in [-0.2, -0.15) is 0 Å². The first-order valence-electron chi connectivity index (χ1n) is 7.70. The summed E-state index contributed by atoms with van der Waals surface area (Å²) in [7, 11) is 0. The van der Waals surface area contributed by atoms with Crippen LogP contribution >= 0.6 is 0 Å². The maximum atomic E-state index is 12.3. The van der Waals surface area contributed by atoms with Crippen molar-refractivity contribution in [3.63, 3.8) is 0 Å². The van der Waals surface area contributed by atoms with Crippen molar-refractivity contribution in [2.45, 2.75) is 26.3 Å². The van der Waals surface area contributed by atoms with E-state index < -0.39 is 23.9 Å². The molecule has 25 heavy (non-hydrogen) atoms. The van der Waals surface area contributed by atoms with Gasteiger partial charge in [0.15, 0.2) is 0 Å². The number of rotatable bonds is 6. The van der Waals surface area contributed by atoms with Gasteiger partial charge in [-0.25, -0.2) is 9.59 Å². The highest BCUT2D eigenvalue weighted by molar-refractivity contribution is 5.97. The number of aryl methyl sites for hydroxylation is 2. The highest BCUT2D eigenvalue weighted by atomic mass is 16.4. The van der Waals surface area contributed by atoms with Crippen molar-refractivity contribution in [2.75, 3.05) is 0 Å². The minimum atomic E-state index is -1.15. The number of aliphatic carboxylic acids is 1. The standard InChI is InChI=1S/C19H19NO5/c1-11-7-12(2)9-15(8-11)17(21)20-16(19(24)25)10-13-3-5-14(6-4-13)18(22)23/h3-9,16H,10H2,1-2H3,(H,20,21)(H,22,23)(H,24,25)/t16-/m0/s1. The summed E-state index contributed by atoms with van der Waals surface area (Å²) < 4.78 is 0. The maximum absolute atomic E-state index is 12.3. The molecular formula is C19H19NO5. The van der Waals surface area contributed by atoms with Gasteiger partial charge < -0.3 is 15.5 Å². The van der Waals surface area contributed by atoms with Crippen LogP contribution in [-0.4, -0.2) is 34.1 Å². The van der Waals surface area contributed by atoms with Crippen molar-refractivity contribution in [3.8, 4) is 0 Å². The lowest BCUT2D eigenvalue weighted by atomic mass is 10.0. The molecule has 0 aliphatic rings. The van der Waals surface area contributed by atoms with Crippen LogP contribution in [0.4, 0.5) is 0 Å². The number of nitrogens with one attached hydrogen (secondary N) is 1. The number of hydrogen-bond donors (Lipinski definition) is 3. The van der Waals surface area contributed by atoms with E-state index in [4.69, 9.17) is 5.11 Å². The monoisotopic (exact) mass is 341 g/mol. The third-order valence-corrected chi connectivity index (χ3v) is 3.73. The molecule has 0 aliphatic carbocycles. The fourth-order valence-corrected chi connectivity index (χ4v) is 2.57. The predicted octanol–water partition coefficient (Wildman–Crippen LogP) is 2.43. The Labute approximate surface area is 145 Å². The number of carbonyl (C=O) groups excluding carboxylic acids is 1. The summed E-state index contributed by atoms with van der Waals surface area (Å²) in [5, 5.41) is 20.8. The molecule has 0 aliphatic heterocycles. The summed E-state index contributed by atoms with van der Waals surface area (Å²) in [5.74, 6) is -2.66. The first-order valence-corrected chi connectivity index (χ1v) is 7.70. The van der Waals surface area contributed by atoms with Crippen molar-refractivity contribution >= 4 is 17.8 Å². The van der Waals surface area contributed by atoms with E-state index in [1.165, 1.54) is 12.1 Å². The van der Waals surface area contributed by atoms with E-state index in [1.807, 2.05) is 19.9 Å². The van der Waals surface area contributed by atoms with E-state index >= 15 is 0 Å². The summed E-state index contributed by atoms with van der Waals surface area (Å²) in [6.07, 6.45) is 0.0613. The summed E-state index contributed by atoms with van der Waals surface area (Å²) in [6, 6.07) is 10.1. The summed E-state index contributed by atoms with van der Waals surface area (Å²) in [5.41, 5.74) is 2.99. The van der Waals surface area contributed by atoms with Gasteiger partial charge >= 0.3 is 11.9 Å². The zero-order valence-corrected chi connectivity index (χ0v) is 13.9. The van der Waals surface area contributed by atoms with Gasteiger partial charge in [0, 0.05) is 12.0 Å². The molecule has 6 nitrogen and oxygen atoms in total. The molecule has 0 unspecified atom stereocenters. The maximum Gasteiger partial charge on any atom is 0.335 e. The average Bonchev–Trinajstić information content (AvgIpc) is 2.53. The van der Waals surface area contributed by atoms with Gasteiger partial charge in [0.2, 0.25) is 0 Å². The minimum Gasteiger partial charge on any atom is -0.480 e. The molecule has 130 valence electrons. The SMILES string of the molecule is Cc1cc(C)cc(C(=O)N[C@@H](Cc2ccc(C(=O)O)cc2)C(=O)O)c1. The molecule has 0 spiro atoms. The van der Waals surface area contributed by atoms with Crippen LogP contribution in [0.15, 0.2) is 42.5 Å². The fourth-order valence-electron chi connectivity index (χ4n) is 2.57. The lowest BCUT2D eigenvalue weighted by Crippen LogP contribution is -2.42. The van der Waals surface area contributed by atoms with Gasteiger partial charge in [-0.05, 0) is 43.7 Å². The Morgan fingerprint density at radius 1 is 0.920 bits per heavy atom. The topological polar surface area (TPSA) is 104 Å².